The van der Waals surface area contributed by atoms with Gasteiger partial charge in [0.2, 0.25) is 11.8 Å². The molecule has 2 heterocycles. The van der Waals surface area contributed by atoms with Crippen LogP contribution in [0.4, 0.5) is 0 Å². The van der Waals surface area contributed by atoms with Crippen molar-refractivity contribution in [2.24, 2.45) is 0 Å². The summed E-state index contributed by atoms with van der Waals surface area (Å²) in [5.74, 6) is -0.267. The molecule has 1 saturated carbocycles. The van der Waals surface area contributed by atoms with Crippen LogP contribution in [-0.2, 0) is 26.3 Å². The highest BCUT2D eigenvalue weighted by atomic mass is 16.5. The number of ether oxygens (including phenoxy) is 1. The summed E-state index contributed by atoms with van der Waals surface area (Å²) in [6.45, 7) is 1.93. The number of hydrogen-bond donors (Lipinski definition) is 2. The van der Waals surface area contributed by atoms with Gasteiger partial charge in [-0.25, -0.2) is 4.79 Å². The van der Waals surface area contributed by atoms with Crippen molar-refractivity contribution in [3.05, 3.63) is 11.7 Å². The van der Waals surface area contributed by atoms with Crippen molar-refractivity contribution in [3.8, 4) is 0 Å². The van der Waals surface area contributed by atoms with Crippen LogP contribution >= 0.6 is 0 Å². The molecule has 0 radical (unpaired) electrons. The van der Waals surface area contributed by atoms with E-state index in [9.17, 15) is 9.59 Å². The fourth-order valence-corrected chi connectivity index (χ4v) is 3.30. The molecule has 0 spiro atoms. The molecule has 8 heteroatoms. The number of nitrogens with zero attached hydrogens (tertiary/aromatic N) is 2. The van der Waals surface area contributed by atoms with Crippen LogP contribution in [0, 0.1) is 0 Å². The highest BCUT2D eigenvalue weighted by Gasteiger charge is 2.44. The van der Waals surface area contributed by atoms with Crippen LogP contribution in [0.2, 0.25) is 0 Å². The Balaban J connectivity index is 1.72. The summed E-state index contributed by atoms with van der Waals surface area (Å²) in [7, 11) is 0. The first-order chi connectivity index (χ1) is 11.0. The van der Waals surface area contributed by atoms with Gasteiger partial charge in [0.15, 0.2) is 11.9 Å². The third-order valence-electron chi connectivity index (χ3n) is 4.61. The molecule has 1 aliphatic carbocycles. The van der Waals surface area contributed by atoms with E-state index in [1.165, 1.54) is 0 Å². The van der Waals surface area contributed by atoms with E-state index in [1.54, 1.807) is 0 Å². The molecule has 1 aromatic heterocycles. The lowest BCUT2D eigenvalue weighted by atomic mass is 9.96. The van der Waals surface area contributed by atoms with Crippen LogP contribution in [0.5, 0.6) is 0 Å². The number of aliphatic carboxylic acids is 1. The Morgan fingerprint density at radius 1 is 1.30 bits per heavy atom. The number of nitrogens with one attached hydrogen (secondary N) is 1. The van der Waals surface area contributed by atoms with Crippen LogP contribution in [0.1, 0.15) is 57.2 Å². The van der Waals surface area contributed by atoms with Crippen LogP contribution in [0.25, 0.3) is 0 Å². The lowest BCUT2D eigenvalue weighted by molar-refractivity contribution is -0.152. The van der Waals surface area contributed by atoms with Gasteiger partial charge in [-0.15, -0.1) is 0 Å². The van der Waals surface area contributed by atoms with E-state index in [0.29, 0.717) is 31.0 Å². The first-order valence-electron chi connectivity index (χ1n) is 8.07. The molecule has 2 atom stereocenters. The van der Waals surface area contributed by atoms with E-state index >= 15 is 0 Å². The van der Waals surface area contributed by atoms with Crippen molar-refractivity contribution >= 4 is 11.9 Å². The van der Waals surface area contributed by atoms with Crippen LogP contribution in [-0.4, -0.2) is 39.3 Å². The highest BCUT2D eigenvalue weighted by molar-refractivity contribution is 5.83. The second kappa shape index (κ2) is 6.27. The molecule has 0 unspecified atom stereocenters. The van der Waals surface area contributed by atoms with E-state index in [2.05, 4.69) is 15.5 Å². The van der Waals surface area contributed by atoms with Gasteiger partial charge >= 0.3 is 5.97 Å². The van der Waals surface area contributed by atoms with Crippen molar-refractivity contribution in [1.29, 1.82) is 0 Å². The number of amides is 1. The van der Waals surface area contributed by atoms with Gasteiger partial charge in [-0.2, -0.15) is 4.98 Å². The molecule has 8 nitrogen and oxygen atoms in total. The predicted octanol–water partition coefficient (Wildman–Crippen LogP) is 1.15. The summed E-state index contributed by atoms with van der Waals surface area (Å²) in [4.78, 5) is 27.8. The van der Waals surface area contributed by atoms with Gasteiger partial charge in [0.25, 0.3) is 0 Å². The average Bonchev–Trinajstić information content (AvgIpc) is 3.27. The second-order valence-electron chi connectivity index (χ2n) is 6.17. The summed E-state index contributed by atoms with van der Waals surface area (Å²) in [6, 6.07) is 0. The Morgan fingerprint density at radius 2 is 2.00 bits per heavy atom. The van der Waals surface area contributed by atoms with E-state index in [-0.39, 0.29) is 5.91 Å². The maximum absolute atomic E-state index is 12.5. The third kappa shape index (κ3) is 3.08. The number of carboxylic acids is 1. The van der Waals surface area contributed by atoms with Crippen molar-refractivity contribution in [3.63, 3.8) is 0 Å². The summed E-state index contributed by atoms with van der Waals surface area (Å²) in [5.41, 5.74) is -0.626. The van der Waals surface area contributed by atoms with Gasteiger partial charge < -0.3 is 19.7 Å². The zero-order valence-corrected chi connectivity index (χ0v) is 13.1. The molecule has 23 heavy (non-hydrogen) atoms. The number of carboxylic acid groups (broad SMARTS) is 1. The smallest absolute Gasteiger partial charge is 0.332 e. The zero-order chi connectivity index (χ0) is 16.4. The largest absolute Gasteiger partial charge is 0.479 e. The second-order valence-corrected chi connectivity index (χ2v) is 6.17. The quantitative estimate of drug-likeness (QED) is 0.835. The molecule has 0 aromatic carbocycles. The van der Waals surface area contributed by atoms with Crippen LogP contribution in [0.3, 0.4) is 0 Å². The normalized spacial score (nSPS) is 26.3. The van der Waals surface area contributed by atoms with Gasteiger partial charge in [0.05, 0.1) is 0 Å². The van der Waals surface area contributed by atoms with Gasteiger partial charge in [-0.05, 0) is 25.7 Å². The summed E-state index contributed by atoms with van der Waals surface area (Å²) in [5, 5.41) is 16.0. The van der Waals surface area contributed by atoms with Gasteiger partial charge in [-0.1, -0.05) is 24.9 Å². The number of aryl methyl sites for hydroxylation is 1. The lowest BCUT2D eigenvalue weighted by Crippen LogP contribution is -2.48. The van der Waals surface area contributed by atoms with Crippen molar-refractivity contribution in [2.75, 3.05) is 0 Å². The van der Waals surface area contributed by atoms with Crippen molar-refractivity contribution in [2.45, 2.75) is 69.6 Å². The molecule has 1 amide bonds. The molecule has 3 rings (SSSR count). The number of aromatic nitrogens is 2. The van der Waals surface area contributed by atoms with Gasteiger partial charge in [0.1, 0.15) is 11.6 Å². The fourth-order valence-electron chi connectivity index (χ4n) is 3.30. The Hall–Kier alpha value is -1.96. The Labute approximate surface area is 133 Å². The van der Waals surface area contributed by atoms with Crippen LogP contribution in [0.15, 0.2) is 4.52 Å². The maximum Gasteiger partial charge on any atom is 0.332 e. The monoisotopic (exact) mass is 323 g/mol. The molecule has 0 bridgehead atoms. The molecule has 2 aliphatic rings. The van der Waals surface area contributed by atoms with Crippen LogP contribution < -0.4 is 5.32 Å². The molecule has 1 aliphatic heterocycles. The summed E-state index contributed by atoms with van der Waals surface area (Å²) < 4.78 is 10.5. The Kier molecular flexibility index (Phi) is 4.34. The fraction of sp³-hybridized carbons (Fsp3) is 0.733. The zero-order valence-electron chi connectivity index (χ0n) is 13.1. The molecular formula is C15H21N3O5. The minimum absolute atomic E-state index is 0.293. The third-order valence-corrected chi connectivity index (χ3v) is 4.61. The summed E-state index contributed by atoms with van der Waals surface area (Å²) >= 11 is 0. The molecule has 2 N–H and O–H groups in total. The van der Waals surface area contributed by atoms with Gasteiger partial charge in [-0.3, -0.25) is 4.79 Å². The number of carbonyl (C=O) groups is 2. The van der Waals surface area contributed by atoms with E-state index in [4.69, 9.17) is 14.4 Å². The first kappa shape index (κ1) is 15.9. The van der Waals surface area contributed by atoms with Crippen molar-refractivity contribution < 1.29 is 24.0 Å². The van der Waals surface area contributed by atoms with E-state index in [0.717, 1.165) is 25.7 Å². The Morgan fingerprint density at radius 3 is 2.57 bits per heavy atom. The molecule has 1 saturated heterocycles. The summed E-state index contributed by atoms with van der Waals surface area (Å²) in [6.07, 6.45) is 3.21. The highest BCUT2D eigenvalue weighted by Crippen LogP contribution is 2.37. The first-order valence-corrected chi connectivity index (χ1v) is 8.07. The standard InChI is InChI=1S/C15H21N3O5/c1-2-11-16-14(18-23-11)15(7-3-4-8-15)17-12(19)9-5-6-10(22-9)13(20)21/h9-10H,2-8H2,1H3,(H,17,19)(H,20,21)/t9-,10+/m0/s1. The number of rotatable bonds is 5. The maximum atomic E-state index is 12.5. The molecule has 1 aromatic rings. The van der Waals surface area contributed by atoms with E-state index in [1.807, 2.05) is 6.92 Å². The SMILES string of the molecule is CCc1nc(C2(NC(=O)[C@@H]3CC[C@H](C(=O)O)O3)CCCC2)no1. The average molecular weight is 323 g/mol. The topological polar surface area (TPSA) is 115 Å². The molecule has 126 valence electrons. The molecule has 2 fully saturated rings. The minimum Gasteiger partial charge on any atom is -0.479 e. The number of carbonyl (C=O) groups excluding carboxylic acids is 1. The van der Waals surface area contributed by atoms with Gasteiger partial charge in [0, 0.05) is 6.42 Å². The Bertz CT molecular complexity index is 594. The number of hydrogen-bond acceptors (Lipinski definition) is 6. The predicted molar refractivity (Wildman–Crippen MR) is 77.5 cm³/mol. The van der Waals surface area contributed by atoms with E-state index < -0.39 is 23.7 Å². The minimum atomic E-state index is -1.03. The molecular weight excluding hydrogens is 302 g/mol. The van der Waals surface area contributed by atoms with Crippen molar-refractivity contribution in [1.82, 2.24) is 15.5 Å². The lowest BCUT2D eigenvalue weighted by Gasteiger charge is -2.28.